The van der Waals surface area contributed by atoms with E-state index in [1.807, 2.05) is 18.2 Å². The van der Waals surface area contributed by atoms with Gasteiger partial charge in [-0.3, -0.25) is 0 Å². The lowest BCUT2D eigenvalue weighted by molar-refractivity contribution is 0.124. The van der Waals surface area contributed by atoms with Crippen molar-refractivity contribution in [2.24, 2.45) is 0 Å². The molecule has 1 heterocycles. The number of amides is 1. The third-order valence-electron chi connectivity index (χ3n) is 4.69. The Balaban J connectivity index is 1.50. The van der Waals surface area contributed by atoms with Crippen LogP contribution in [0.4, 0.5) is 10.5 Å². The van der Waals surface area contributed by atoms with Crippen molar-refractivity contribution in [3.05, 3.63) is 65.7 Å². The van der Waals surface area contributed by atoms with E-state index in [-0.39, 0.29) is 0 Å². The number of rotatable bonds is 6. The number of hydrogen-bond acceptors (Lipinski definition) is 3. The highest BCUT2D eigenvalue weighted by Gasteiger charge is 2.18. The van der Waals surface area contributed by atoms with Crippen molar-refractivity contribution in [3.63, 3.8) is 0 Å². The minimum absolute atomic E-state index is 0.555. The number of carboxylic acid groups (broad SMARTS) is 1. The lowest BCUT2D eigenvalue weighted by atomic mass is 10.1. The molecule has 2 aromatic rings. The Morgan fingerprint density at radius 1 is 0.962 bits per heavy atom. The number of ether oxygens (including phenoxy) is 1. The summed E-state index contributed by atoms with van der Waals surface area (Å²) in [6.07, 6.45) is 0.906. The topological polar surface area (TPSA) is 53.0 Å². The smallest absolute Gasteiger partial charge is 0.407 e. The first-order chi connectivity index (χ1) is 12.7. The van der Waals surface area contributed by atoms with E-state index in [2.05, 4.69) is 41.3 Å². The first kappa shape index (κ1) is 18.3. The van der Waals surface area contributed by atoms with E-state index in [0.29, 0.717) is 26.3 Å². The maximum absolute atomic E-state index is 11.1. The molecule has 0 unspecified atom stereocenters. The minimum atomic E-state index is -0.823. The van der Waals surface area contributed by atoms with Gasteiger partial charge in [-0.1, -0.05) is 42.5 Å². The Morgan fingerprint density at radius 2 is 1.77 bits per heavy atom. The minimum Gasteiger partial charge on any atom is -0.465 e. The van der Waals surface area contributed by atoms with Gasteiger partial charge in [0, 0.05) is 31.9 Å². The molecule has 0 bridgehead atoms. The van der Waals surface area contributed by atoms with E-state index in [1.165, 1.54) is 16.0 Å². The zero-order valence-electron chi connectivity index (χ0n) is 15.0. The van der Waals surface area contributed by atoms with E-state index in [0.717, 1.165) is 31.6 Å². The first-order valence-corrected chi connectivity index (χ1v) is 9.16. The molecule has 1 amide bonds. The molecule has 5 heteroatoms. The van der Waals surface area contributed by atoms with Crippen LogP contribution in [0.15, 0.2) is 54.6 Å². The van der Waals surface area contributed by atoms with Gasteiger partial charge in [0.05, 0.1) is 13.2 Å². The summed E-state index contributed by atoms with van der Waals surface area (Å²) in [4.78, 5) is 14.9. The van der Waals surface area contributed by atoms with Crippen LogP contribution in [0.25, 0.3) is 0 Å². The van der Waals surface area contributed by atoms with Crippen molar-refractivity contribution in [1.29, 1.82) is 0 Å². The number of hydrogen-bond donors (Lipinski definition) is 1. The standard InChI is InChI=1S/C21H26N2O3/c24-21(25)23-12-5-11-22(13-14-23)20-9-4-8-18(16-20)10-15-26-17-19-6-2-1-3-7-19/h1-4,6-9,16H,5,10-15,17H2,(H,24,25). The van der Waals surface area contributed by atoms with Crippen LogP contribution in [0, 0.1) is 0 Å². The predicted molar refractivity (Wildman–Crippen MR) is 103 cm³/mol. The fraction of sp³-hybridized carbons (Fsp3) is 0.381. The van der Waals surface area contributed by atoms with Gasteiger partial charge in [0.15, 0.2) is 0 Å². The SMILES string of the molecule is O=C(O)N1CCCN(c2cccc(CCOCc3ccccc3)c2)CC1. The zero-order valence-corrected chi connectivity index (χ0v) is 15.0. The lowest BCUT2D eigenvalue weighted by Crippen LogP contribution is -2.34. The number of benzene rings is 2. The molecule has 1 aliphatic heterocycles. The molecule has 1 saturated heterocycles. The van der Waals surface area contributed by atoms with Crippen LogP contribution in [0.1, 0.15) is 17.5 Å². The summed E-state index contributed by atoms with van der Waals surface area (Å²) in [6, 6.07) is 18.7. The molecule has 1 N–H and O–H groups in total. The molecule has 3 rings (SSSR count). The Bertz CT molecular complexity index is 705. The Hall–Kier alpha value is -2.53. The number of anilines is 1. The molecule has 1 aliphatic rings. The van der Waals surface area contributed by atoms with Crippen LogP contribution in [-0.4, -0.2) is 48.9 Å². The maximum Gasteiger partial charge on any atom is 0.407 e. The molecule has 0 radical (unpaired) electrons. The van der Waals surface area contributed by atoms with E-state index in [1.54, 1.807) is 0 Å². The molecule has 1 fully saturated rings. The summed E-state index contributed by atoms with van der Waals surface area (Å²) in [7, 11) is 0. The van der Waals surface area contributed by atoms with Crippen molar-refractivity contribution >= 4 is 11.8 Å². The van der Waals surface area contributed by atoms with Crippen molar-refractivity contribution in [2.75, 3.05) is 37.7 Å². The van der Waals surface area contributed by atoms with Gasteiger partial charge in [-0.15, -0.1) is 0 Å². The summed E-state index contributed by atoms with van der Waals surface area (Å²) in [5, 5.41) is 9.16. The molecule has 138 valence electrons. The van der Waals surface area contributed by atoms with Crippen LogP contribution in [0.2, 0.25) is 0 Å². The summed E-state index contributed by atoms with van der Waals surface area (Å²) >= 11 is 0. The molecule has 2 aromatic carbocycles. The average molecular weight is 354 g/mol. The van der Waals surface area contributed by atoms with Crippen LogP contribution < -0.4 is 4.90 Å². The van der Waals surface area contributed by atoms with E-state index >= 15 is 0 Å². The second-order valence-electron chi connectivity index (χ2n) is 6.57. The van der Waals surface area contributed by atoms with Gasteiger partial charge in [-0.2, -0.15) is 0 Å². The van der Waals surface area contributed by atoms with Crippen molar-refractivity contribution in [2.45, 2.75) is 19.4 Å². The van der Waals surface area contributed by atoms with Gasteiger partial charge >= 0.3 is 6.09 Å². The van der Waals surface area contributed by atoms with Crippen LogP contribution in [0.5, 0.6) is 0 Å². The molecule has 26 heavy (non-hydrogen) atoms. The van der Waals surface area contributed by atoms with Crippen molar-refractivity contribution in [1.82, 2.24) is 4.90 Å². The Morgan fingerprint density at radius 3 is 2.58 bits per heavy atom. The van der Waals surface area contributed by atoms with Gasteiger partial charge in [-0.25, -0.2) is 4.79 Å². The third-order valence-corrected chi connectivity index (χ3v) is 4.69. The quantitative estimate of drug-likeness (QED) is 0.805. The third kappa shape index (κ3) is 5.23. The van der Waals surface area contributed by atoms with Crippen LogP contribution >= 0.6 is 0 Å². The lowest BCUT2D eigenvalue weighted by Gasteiger charge is -2.23. The van der Waals surface area contributed by atoms with Crippen molar-refractivity contribution in [3.8, 4) is 0 Å². The molecular formula is C21H26N2O3. The average Bonchev–Trinajstić information content (AvgIpc) is 2.93. The monoisotopic (exact) mass is 354 g/mol. The molecule has 5 nitrogen and oxygen atoms in total. The van der Waals surface area contributed by atoms with Gasteiger partial charge in [0.25, 0.3) is 0 Å². The van der Waals surface area contributed by atoms with Crippen LogP contribution in [0.3, 0.4) is 0 Å². The van der Waals surface area contributed by atoms with Crippen molar-refractivity contribution < 1.29 is 14.6 Å². The fourth-order valence-electron chi connectivity index (χ4n) is 3.23. The fourth-order valence-corrected chi connectivity index (χ4v) is 3.23. The molecule has 0 atom stereocenters. The summed E-state index contributed by atoms with van der Waals surface area (Å²) in [6.45, 7) is 4.11. The predicted octanol–water partition coefficient (Wildman–Crippen LogP) is 3.64. The summed E-state index contributed by atoms with van der Waals surface area (Å²) < 4.78 is 5.78. The number of nitrogens with zero attached hydrogens (tertiary/aromatic N) is 2. The maximum atomic E-state index is 11.1. The molecule has 0 saturated carbocycles. The van der Waals surface area contributed by atoms with Crippen LogP contribution in [-0.2, 0) is 17.8 Å². The molecule has 0 spiro atoms. The summed E-state index contributed by atoms with van der Waals surface area (Å²) in [5.41, 5.74) is 3.60. The van der Waals surface area contributed by atoms with Gasteiger partial charge < -0.3 is 19.6 Å². The Kier molecular flexibility index (Phi) is 6.50. The van der Waals surface area contributed by atoms with E-state index < -0.39 is 6.09 Å². The second-order valence-corrected chi connectivity index (χ2v) is 6.57. The zero-order chi connectivity index (χ0) is 18.2. The molecule has 0 aliphatic carbocycles. The first-order valence-electron chi connectivity index (χ1n) is 9.16. The van der Waals surface area contributed by atoms with Gasteiger partial charge in [0.1, 0.15) is 0 Å². The number of carbonyl (C=O) groups is 1. The highest BCUT2D eigenvalue weighted by atomic mass is 16.5. The van der Waals surface area contributed by atoms with E-state index in [9.17, 15) is 4.79 Å². The highest BCUT2D eigenvalue weighted by Crippen LogP contribution is 2.19. The normalized spacial score (nSPS) is 14.9. The Labute approximate surface area is 154 Å². The molecule has 0 aromatic heterocycles. The highest BCUT2D eigenvalue weighted by molar-refractivity contribution is 5.65. The van der Waals surface area contributed by atoms with Gasteiger partial charge in [-0.05, 0) is 36.1 Å². The molecular weight excluding hydrogens is 328 g/mol. The summed E-state index contributed by atoms with van der Waals surface area (Å²) in [5.74, 6) is 0. The van der Waals surface area contributed by atoms with E-state index in [4.69, 9.17) is 9.84 Å². The second kappa shape index (κ2) is 9.25. The van der Waals surface area contributed by atoms with Gasteiger partial charge in [0.2, 0.25) is 0 Å². The largest absolute Gasteiger partial charge is 0.465 e.